The van der Waals surface area contributed by atoms with E-state index in [4.69, 9.17) is 0 Å². The van der Waals surface area contributed by atoms with E-state index in [1.165, 1.54) is 12.1 Å². The maximum Gasteiger partial charge on any atom is 0.123 e. The largest absolute Gasteiger partial charge is 0.316 e. The zero-order valence-corrected chi connectivity index (χ0v) is 9.37. The van der Waals surface area contributed by atoms with Crippen molar-refractivity contribution in [1.29, 1.82) is 0 Å². The summed E-state index contributed by atoms with van der Waals surface area (Å²) in [4.78, 5) is 0. The summed E-state index contributed by atoms with van der Waals surface area (Å²) in [5, 5.41) is 7.27. The van der Waals surface area contributed by atoms with Gasteiger partial charge in [-0.25, -0.2) is 4.39 Å². The fraction of sp³-hybridized carbons (Fsp3) is 0.250. The van der Waals surface area contributed by atoms with Crippen LogP contribution in [0.25, 0.3) is 11.3 Å². The number of hydrogen-bond donors (Lipinski definition) is 1. The van der Waals surface area contributed by atoms with Gasteiger partial charge in [0, 0.05) is 24.7 Å². The molecule has 84 valence electrons. The Morgan fingerprint density at radius 1 is 1.44 bits per heavy atom. The van der Waals surface area contributed by atoms with Gasteiger partial charge in [0.25, 0.3) is 0 Å². The molecule has 1 N–H and O–H groups in total. The Morgan fingerprint density at radius 2 is 2.25 bits per heavy atom. The molecule has 16 heavy (non-hydrogen) atoms. The van der Waals surface area contributed by atoms with Crippen LogP contribution >= 0.6 is 0 Å². The van der Waals surface area contributed by atoms with Gasteiger partial charge < -0.3 is 5.32 Å². The van der Waals surface area contributed by atoms with Crippen molar-refractivity contribution in [2.75, 3.05) is 7.05 Å². The average molecular weight is 219 g/mol. The van der Waals surface area contributed by atoms with E-state index in [9.17, 15) is 4.39 Å². The lowest BCUT2D eigenvalue weighted by atomic mass is 10.1. The van der Waals surface area contributed by atoms with E-state index < -0.39 is 0 Å². The molecule has 0 aliphatic heterocycles. The minimum absolute atomic E-state index is 0.228. The highest BCUT2D eigenvalue weighted by Crippen LogP contribution is 2.23. The molecule has 1 aromatic carbocycles. The number of aromatic nitrogens is 2. The predicted molar refractivity (Wildman–Crippen MR) is 61.4 cm³/mol. The summed E-state index contributed by atoms with van der Waals surface area (Å²) in [7, 11) is 3.74. The first-order valence-corrected chi connectivity index (χ1v) is 5.14. The van der Waals surface area contributed by atoms with Crippen molar-refractivity contribution >= 4 is 0 Å². The molecule has 0 fully saturated rings. The maximum atomic E-state index is 13.2. The van der Waals surface area contributed by atoms with Crippen LogP contribution in [0.2, 0.25) is 0 Å². The van der Waals surface area contributed by atoms with E-state index in [0.29, 0.717) is 0 Å². The smallest absolute Gasteiger partial charge is 0.123 e. The molecule has 0 radical (unpaired) electrons. The fourth-order valence-electron chi connectivity index (χ4n) is 1.81. The van der Waals surface area contributed by atoms with Gasteiger partial charge in [-0.3, -0.25) is 4.68 Å². The van der Waals surface area contributed by atoms with Gasteiger partial charge >= 0.3 is 0 Å². The van der Waals surface area contributed by atoms with Gasteiger partial charge in [0.05, 0.1) is 11.9 Å². The molecular formula is C12H14FN3. The van der Waals surface area contributed by atoms with Crippen molar-refractivity contribution in [2.45, 2.75) is 6.54 Å². The zero-order valence-electron chi connectivity index (χ0n) is 9.37. The molecule has 3 nitrogen and oxygen atoms in total. The van der Waals surface area contributed by atoms with Crippen molar-refractivity contribution in [3.05, 3.63) is 41.8 Å². The number of aryl methyl sites for hydroxylation is 1. The SMILES string of the molecule is CNCc1cnn(C)c1-c1cccc(F)c1. The summed E-state index contributed by atoms with van der Waals surface area (Å²) in [5.41, 5.74) is 2.87. The lowest BCUT2D eigenvalue weighted by molar-refractivity contribution is 0.628. The molecule has 0 atom stereocenters. The van der Waals surface area contributed by atoms with E-state index in [2.05, 4.69) is 10.4 Å². The van der Waals surface area contributed by atoms with Gasteiger partial charge in [0.2, 0.25) is 0 Å². The highest BCUT2D eigenvalue weighted by molar-refractivity contribution is 5.63. The third kappa shape index (κ3) is 1.97. The minimum atomic E-state index is -0.228. The van der Waals surface area contributed by atoms with Crippen molar-refractivity contribution in [2.24, 2.45) is 7.05 Å². The van der Waals surface area contributed by atoms with Gasteiger partial charge in [0.1, 0.15) is 5.82 Å². The fourth-order valence-corrected chi connectivity index (χ4v) is 1.81. The number of nitrogens with zero attached hydrogens (tertiary/aromatic N) is 2. The Bertz CT molecular complexity index is 491. The Morgan fingerprint density at radius 3 is 2.94 bits per heavy atom. The molecule has 0 amide bonds. The number of benzene rings is 1. The van der Waals surface area contributed by atoms with Crippen LogP contribution in [0.1, 0.15) is 5.56 Å². The van der Waals surface area contributed by atoms with Crippen LogP contribution in [0.15, 0.2) is 30.5 Å². The summed E-state index contributed by atoms with van der Waals surface area (Å²) in [5.74, 6) is -0.228. The number of rotatable bonds is 3. The molecule has 1 heterocycles. The lowest BCUT2D eigenvalue weighted by Gasteiger charge is -2.06. The molecule has 2 aromatic rings. The first-order chi connectivity index (χ1) is 7.72. The molecule has 0 aliphatic rings. The summed E-state index contributed by atoms with van der Waals surface area (Å²) in [6, 6.07) is 6.56. The van der Waals surface area contributed by atoms with Crippen LogP contribution < -0.4 is 5.32 Å². The van der Waals surface area contributed by atoms with Gasteiger partial charge in [-0.15, -0.1) is 0 Å². The van der Waals surface area contributed by atoms with Crippen molar-refractivity contribution in [3.63, 3.8) is 0 Å². The normalized spacial score (nSPS) is 10.7. The van der Waals surface area contributed by atoms with Crippen LogP contribution in [-0.4, -0.2) is 16.8 Å². The highest BCUT2D eigenvalue weighted by atomic mass is 19.1. The van der Waals surface area contributed by atoms with E-state index in [0.717, 1.165) is 23.4 Å². The van der Waals surface area contributed by atoms with Gasteiger partial charge in [0.15, 0.2) is 0 Å². The summed E-state index contributed by atoms with van der Waals surface area (Å²) in [6.07, 6.45) is 1.80. The molecule has 0 unspecified atom stereocenters. The van der Waals surface area contributed by atoms with E-state index in [-0.39, 0.29) is 5.82 Å². The molecule has 1 aromatic heterocycles. The molecule has 4 heteroatoms. The second-order valence-corrected chi connectivity index (χ2v) is 3.68. The topological polar surface area (TPSA) is 29.9 Å². The molecule has 0 saturated heterocycles. The van der Waals surface area contributed by atoms with Crippen molar-refractivity contribution < 1.29 is 4.39 Å². The zero-order chi connectivity index (χ0) is 11.5. The van der Waals surface area contributed by atoms with Gasteiger partial charge in [-0.05, 0) is 19.2 Å². The van der Waals surface area contributed by atoms with Crippen LogP contribution in [0.3, 0.4) is 0 Å². The summed E-state index contributed by atoms with van der Waals surface area (Å²) >= 11 is 0. The van der Waals surface area contributed by atoms with Crippen LogP contribution in [-0.2, 0) is 13.6 Å². The summed E-state index contributed by atoms with van der Waals surface area (Å²) < 4.78 is 14.9. The first kappa shape index (κ1) is 10.8. The van der Waals surface area contributed by atoms with Gasteiger partial charge in [-0.2, -0.15) is 5.10 Å². The quantitative estimate of drug-likeness (QED) is 0.855. The van der Waals surface area contributed by atoms with E-state index >= 15 is 0 Å². The van der Waals surface area contributed by atoms with Gasteiger partial charge in [-0.1, -0.05) is 12.1 Å². The second-order valence-electron chi connectivity index (χ2n) is 3.68. The van der Waals surface area contributed by atoms with Crippen molar-refractivity contribution in [1.82, 2.24) is 15.1 Å². The molecule has 0 spiro atoms. The maximum absolute atomic E-state index is 13.2. The number of halogens is 1. The van der Waals surface area contributed by atoms with Crippen LogP contribution in [0.5, 0.6) is 0 Å². The predicted octanol–water partition coefficient (Wildman–Crippen LogP) is 1.95. The average Bonchev–Trinajstić information content (AvgIpc) is 2.60. The third-order valence-corrected chi connectivity index (χ3v) is 2.48. The number of nitrogens with one attached hydrogen (secondary N) is 1. The monoisotopic (exact) mass is 219 g/mol. The standard InChI is InChI=1S/C12H14FN3/c1-14-7-10-8-15-16(2)12(10)9-4-3-5-11(13)6-9/h3-6,8,14H,7H2,1-2H3. The Balaban J connectivity index is 2.50. The molecule has 0 saturated carbocycles. The Labute approximate surface area is 93.9 Å². The third-order valence-electron chi connectivity index (χ3n) is 2.48. The Hall–Kier alpha value is -1.68. The molecular weight excluding hydrogens is 205 g/mol. The minimum Gasteiger partial charge on any atom is -0.316 e. The van der Waals surface area contributed by atoms with Crippen LogP contribution in [0, 0.1) is 5.82 Å². The van der Waals surface area contributed by atoms with Crippen LogP contribution in [0.4, 0.5) is 4.39 Å². The number of hydrogen-bond acceptors (Lipinski definition) is 2. The highest BCUT2D eigenvalue weighted by Gasteiger charge is 2.10. The van der Waals surface area contributed by atoms with E-state index in [1.54, 1.807) is 16.9 Å². The molecule has 2 rings (SSSR count). The molecule has 0 aliphatic carbocycles. The molecule has 0 bridgehead atoms. The van der Waals surface area contributed by atoms with Crippen molar-refractivity contribution in [3.8, 4) is 11.3 Å². The second kappa shape index (κ2) is 4.45. The Kier molecular flexibility index (Phi) is 3.01. The lowest BCUT2D eigenvalue weighted by Crippen LogP contribution is -2.06. The summed E-state index contributed by atoms with van der Waals surface area (Å²) in [6.45, 7) is 0.722. The first-order valence-electron chi connectivity index (χ1n) is 5.14. The van der Waals surface area contributed by atoms with E-state index in [1.807, 2.05) is 20.2 Å².